The molecule has 2 saturated heterocycles. The molecule has 10 rings (SSSR count). The van der Waals surface area contributed by atoms with E-state index in [2.05, 4.69) is 63.5 Å². The van der Waals surface area contributed by atoms with Gasteiger partial charge in [0.05, 0.1) is 17.3 Å². The third-order valence-corrected chi connectivity index (χ3v) is 21.8. The standard InChI is InChI=1S/C60H87N3O7/c1-55(69)21-8-9-22-56(2)52-47(63-34-55)30-59(5)50(57(52,3)29-44(53(56)68)39-24-36(32-62-7)25-41(65)27-39)20-19-46-51(49(67)31-58(46,59)4)43(37-14-10-13-35(23-37)33-64)28-48(66)54-60(6,70-54)45-18-12-17-42(45)38-15-11-16-40(61)26-38/h11,15-16,24-27,35,37,42-45,47-48,50,52,54,62-66,69H,8-10,12-14,17-23,28-34,61H2,1-7H3/t35-,37-,42-,43-,44+,45+,47-,48+,50+,52-,54+,55+,56+,57-,58-,59-,60+/m0/s1. The van der Waals surface area contributed by atoms with Gasteiger partial charge in [-0.25, -0.2) is 0 Å². The summed E-state index contributed by atoms with van der Waals surface area (Å²) >= 11 is 0. The molecule has 8 N–H and O–H groups in total. The van der Waals surface area contributed by atoms with E-state index in [9.17, 15) is 20.4 Å². The smallest absolute Gasteiger partial charge is 0.160 e. The van der Waals surface area contributed by atoms with Crippen LogP contribution < -0.4 is 16.4 Å². The Morgan fingerprint density at radius 3 is 2.44 bits per heavy atom. The highest BCUT2D eigenvalue weighted by Crippen LogP contribution is 2.76. The zero-order valence-corrected chi connectivity index (χ0v) is 43.6. The Labute approximate surface area is 418 Å². The number of ketones is 2. The molecule has 10 nitrogen and oxygen atoms in total. The zero-order chi connectivity index (χ0) is 49.8. The first-order valence-electron chi connectivity index (χ1n) is 27.8. The number of ether oxygens (including phenoxy) is 1. The van der Waals surface area contributed by atoms with Crippen LogP contribution in [0.2, 0.25) is 0 Å². The number of phenols is 1. The number of carbonyl (C=O) groups is 2. The SMILES string of the molecule is CNCc1cc(O)cc([C@H]2C[C@]3(C)[C@H]4[C@H](C[C@@]5(C)[C@@H]3CCC3=C([C@@H](C[C@@H](O)[C@H]6O[C@]6(C)[C@@H]6CCC[C@H]6c6cccc(N)c6)[C@H]6CCC[C@H](CO)C6)C(=O)C[C@@]35C)NC[C@](C)(O)CCCC[C@@]4(C)C2=O)c1. The van der Waals surface area contributed by atoms with Crippen molar-refractivity contribution in [1.82, 2.24) is 10.6 Å². The minimum absolute atomic E-state index is 0.0163. The van der Waals surface area contributed by atoms with Crippen molar-refractivity contribution in [3.63, 3.8) is 0 Å². The third-order valence-electron chi connectivity index (χ3n) is 21.8. The number of hydrogen-bond donors (Lipinski definition) is 7. The Morgan fingerprint density at radius 2 is 1.69 bits per heavy atom. The second kappa shape index (κ2) is 18.4. The summed E-state index contributed by atoms with van der Waals surface area (Å²) in [5, 5.41) is 53.3. The molecule has 0 amide bonds. The predicted octanol–water partition coefficient (Wildman–Crippen LogP) is 9.67. The molecule has 384 valence electrons. The van der Waals surface area contributed by atoms with Crippen LogP contribution >= 0.6 is 0 Å². The Bertz CT molecular complexity index is 2370. The Balaban J connectivity index is 1.03. The molecule has 10 heteroatoms. The molecule has 70 heavy (non-hydrogen) atoms. The fraction of sp³-hybridized carbons (Fsp3) is 0.733. The number of rotatable bonds is 11. The van der Waals surface area contributed by atoms with Gasteiger partial charge in [0.15, 0.2) is 5.78 Å². The van der Waals surface area contributed by atoms with E-state index in [1.54, 1.807) is 6.07 Å². The molecule has 0 spiro atoms. The van der Waals surface area contributed by atoms with Crippen LogP contribution in [-0.2, 0) is 20.9 Å². The topological polar surface area (TPSA) is 178 Å². The molecule has 2 aliphatic heterocycles. The van der Waals surface area contributed by atoms with Crippen LogP contribution in [-0.4, -0.2) is 81.6 Å². The average Bonchev–Trinajstić information content (AvgIpc) is 3.61. The number of hydrogen-bond acceptors (Lipinski definition) is 10. The maximum absolute atomic E-state index is 15.5. The van der Waals surface area contributed by atoms with Gasteiger partial charge >= 0.3 is 0 Å². The van der Waals surface area contributed by atoms with E-state index >= 15 is 9.59 Å². The van der Waals surface area contributed by atoms with Crippen LogP contribution in [0.3, 0.4) is 0 Å². The van der Waals surface area contributed by atoms with Gasteiger partial charge in [-0.2, -0.15) is 0 Å². The van der Waals surface area contributed by atoms with Gasteiger partial charge in [0.1, 0.15) is 17.6 Å². The Morgan fingerprint density at radius 1 is 0.914 bits per heavy atom. The number of phenolic OH excluding ortho intramolecular Hbond substituents is 1. The lowest BCUT2D eigenvalue weighted by atomic mass is 9.34. The monoisotopic (exact) mass is 962 g/mol. The molecule has 0 aromatic heterocycles. The first-order valence-corrected chi connectivity index (χ1v) is 27.8. The minimum Gasteiger partial charge on any atom is -0.508 e. The largest absolute Gasteiger partial charge is 0.508 e. The number of aliphatic hydroxyl groups is 3. The molecular weight excluding hydrogens is 875 g/mol. The fourth-order valence-electron chi connectivity index (χ4n) is 18.6. The first-order chi connectivity index (χ1) is 33.2. The number of allylic oxidation sites excluding steroid dienone is 2. The van der Waals surface area contributed by atoms with E-state index in [-0.39, 0.29) is 88.3 Å². The van der Waals surface area contributed by atoms with E-state index < -0.39 is 28.1 Å². The lowest BCUT2D eigenvalue weighted by molar-refractivity contribution is -0.198. The highest BCUT2D eigenvalue weighted by Gasteiger charge is 2.72. The summed E-state index contributed by atoms with van der Waals surface area (Å²) in [7, 11) is 1.90. The van der Waals surface area contributed by atoms with Crippen molar-refractivity contribution in [2.24, 2.45) is 57.2 Å². The van der Waals surface area contributed by atoms with E-state index in [0.717, 1.165) is 106 Å². The normalized spacial score (nSPS) is 43.8. The van der Waals surface area contributed by atoms with E-state index in [1.807, 2.05) is 32.2 Å². The number of fused-ring (bicyclic) bond motifs is 4. The maximum atomic E-state index is 15.5. The van der Waals surface area contributed by atoms with Crippen molar-refractivity contribution in [2.45, 2.75) is 199 Å². The van der Waals surface area contributed by atoms with Crippen LogP contribution in [0.4, 0.5) is 5.69 Å². The molecule has 8 aliphatic rings. The van der Waals surface area contributed by atoms with E-state index in [1.165, 1.54) is 11.1 Å². The molecular formula is C60H87N3O7. The van der Waals surface area contributed by atoms with Crippen LogP contribution in [0.15, 0.2) is 53.6 Å². The number of benzene rings is 2. The molecule has 2 aromatic carbocycles. The van der Waals surface area contributed by atoms with Crippen molar-refractivity contribution < 1.29 is 34.8 Å². The van der Waals surface area contributed by atoms with Crippen LogP contribution in [0.1, 0.15) is 179 Å². The van der Waals surface area contributed by atoms with Gasteiger partial charge < -0.3 is 41.5 Å². The molecule has 2 heterocycles. The molecule has 0 bridgehead atoms. The number of nitrogens with two attached hydrogens (primary N) is 1. The number of aliphatic hydroxyl groups excluding tert-OH is 2. The Hall–Kier alpha value is -3.12. The van der Waals surface area contributed by atoms with E-state index in [0.29, 0.717) is 44.7 Å². The van der Waals surface area contributed by atoms with Gasteiger partial charge in [-0.15, -0.1) is 0 Å². The molecule has 6 aliphatic carbocycles. The molecule has 0 radical (unpaired) electrons. The minimum atomic E-state index is -0.886. The summed E-state index contributed by atoms with van der Waals surface area (Å²) in [4.78, 5) is 31.0. The Kier molecular flexibility index (Phi) is 13.2. The summed E-state index contributed by atoms with van der Waals surface area (Å²) in [6, 6.07) is 14.0. The predicted molar refractivity (Wildman–Crippen MR) is 275 cm³/mol. The number of aromatic hydroxyl groups is 1. The number of Topliss-reactive ketones (excluding diaryl/α,β-unsaturated/α-hetero) is 2. The lowest BCUT2D eigenvalue weighted by Gasteiger charge is -2.71. The van der Waals surface area contributed by atoms with Crippen molar-refractivity contribution in [3.8, 4) is 5.75 Å². The quantitative estimate of drug-likeness (QED) is 0.0848. The summed E-state index contributed by atoms with van der Waals surface area (Å²) in [5.41, 5.74) is 9.33. The second-order valence-corrected chi connectivity index (χ2v) is 26.1. The highest BCUT2D eigenvalue weighted by atomic mass is 16.6. The van der Waals surface area contributed by atoms with E-state index in [4.69, 9.17) is 10.5 Å². The number of nitrogens with one attached hydrogen (secondary N) is 2. The fourth-order valence-corrected chi connectivity index (χ4v) is 18.6. The summed E-state index contributed by atoms with van der Waals surface area (Å²) in [6.07, 6.45) is 13.2. The van der Waals surface area contributed by atoms with Gasteiger partial charge in [-0.1, -0.05) is 77.2 Å². The number of anilines is 1. The van der Waals surface area contributed by atoms with Crippen LogP contribution in [0, 0.1) is 57.2 Å². The van der Waals surface area contributed by atoms with Crippen LogP contribution in [0.5, 0.6) is 5.75 Å². The van der Waals surface area contributed by atoms with Crippen LogP contribution in [0.25, 0.3) is 0 Å². The van der Waals surface area contributed by atoms with Crippen molar-refractivity contribution in [2.75, 3.05) is 25.9 Å². The van der Waals surface area contributed by atoms with Gasteiger partial charge in [-0.05, 0) is 197 Å². The van der Waals surface area contributed by atoms with Crippen molar-refractivity contribution >= 4 is 17.3 Å². The number of β-amino-alcohol motifs (C(OH)–C–C–N with tert-alkyl or cyclic N) is 1. The van der Waals surface area contributed by atoms with Gasteiger partial charge in [0, 0.05) is 54.6 Å². The van der Waals surface area contributed by atoms with Gasteiger partial charge in [-0.3, -0.25) is 9.59 Å². The number of nitrogen functional groups attached to an aromatic ring is 1. The number of carbonyl (C=O) groups excluding carboxylic acids is 2. The third kappa shape index (κ3) is 8.27. The highest BCUT2D eigenvalue weighted by molar-refractivity contribution is 6.01. The first kappa shape index (κ1) is 50.4. The molecule has 5 saturated carbocycles. The summed E-state index contributed by atoms with van der Waals surface area (Å²) in [5.74, 6) is 1.34. The average molecular weight is 962 g/mol. The molecule has 0 unspecified atom stereocenters. The molecule has 17 atom stereocenters. The second-order valence-electron chi connectivity index (χ2n) is 26.1. The van der Waals surface area contributed by atoms with Gasteiger partial charge in [0.25, 0.3) is 0 Å². The maximum Gasteiger partial charge on any atom is 0.160 e. The zero-order valence-electron chi connectivity index (χ0n) is 43.6. The summed E-state index contributed by atoms with van der Waals surface area (Å²) < 4.78 is 6.71. The van der Waals surface area contributed by atoms with Crippen molar-refractivity contribution in [1.29, 1.82) is 0 Å². The molecule has 2 aromatic rings. The molecule has 7 fully saturated rings. The number of epoxide rings is 1. The van der Waals surface area contributed by atoms with Gasteiger partial charge in [0.2, 0.25) is 0 Å². The lowest BCUT2D eigenvalue weighted by Crippen LogP contribution is -2.70. The van der Waals surface area contributed by atoms with Crippen molar-refractivity contribution in [3.05, 3.63) is 70.3 Å². The summed E-state index contributed by atoms with van der Waals surface area (Å²) in [6.45, 7) is 14.9.